The van der Waals surface area contributed by atoms with Gasteiger partial charge in [0.05, 0.1) is 22.6 Å². The van der Waals surface area contributed by atoms with Crippen LogP contribution in [0.1, 0.15) is 47.3 Å². The second kappa shape index (κ2) is 7.54. The first kappa shape index (κ1) is 18.9. The first-order valence-electron chi connectivity index (χ1n) is 9.66. The third kappa shape index (κ3) is 3.42. The fourth-order valence-corrected chi connectivity index (χ4v) is 3.87. The van der Waals surface area contributed by atoms with E-state index < -0.39 is 0 Å². The van der Waals surface area contributed by atoms with Gasteiger partial charge >= 0.3 is 0 Å². The Hall–Kier alpha value is -3.41. The number of aromatic nitrogens is 3. The molecule has 2 aromatic heterocycles. The number of nitrogens with zero attached hydrogens (tertiary/aromatic N) is 3. The van der Waals surface area contributed by atoms with Gasteiger partial charge in [0.15, 0.2) is 0 Å². The average Bonchev–Trinajstić information content (AvgIpc) is 3.25. The molecule has 0 aliphatic rings. The zero-order valence-electron chi connectivity index (χ0n) is 17.0. The molecule has 0 spiro atoms. The molecule has 0 fully saturated rings. The Morgan fingerprint density at radius 2 is 1.76 bits per heavy atom. The van der Waals surface area contributed by atoms with E-state index in [0.717, 1.165) is 33.7 Å². The van der Waals surface area contributed by atoms with Crippen molar-refractivity contribution in [2.75, 3.05) is 0 Å². The summed E-state index contributed by atoms with van der Waals surface area (Å²) in [6, 6.07) is 17.5. The molecular formula is C23H24N4O2. The molecule has 148 valence electrons. The minimum atomic E-state index is -0.387. The van der Waals surface area contributed by atoms with Crippen LogP contribution in [-0.4, -0.2) is 20.6 Å². The van der Waals surface area contributed by atoms with Crippen LogP contribution in [0.15, 0.2) is 59.1 Å². The SMILES string of the molecule is Cc1noc(C)c1C(C)C(=O)NC(c1ccccc1)c1nc2ccccc2n1C. The Labute approximate surface area is 169 Å². The molecule has 6 heteroatoms. The summed E-state index contributed by atoms with van der Waals surface area (Å²) in [5.41, 5.74) is 4.48. The van der Waals surface area contributed by atoms with E-state index in [9.17, 15) is 4.79 Å². The van der Waals surface area contributed by atoms with Gasteiger partial charge in [-0.25, -0.2) is 4.98 Å². The molecule has 29 heavy (non-hydrogen) atoms. The molecular weight excluding hydrogens is 364 g/mol. The van der Waals surface area contributed by atoms with Crippen LogP contribution in [0, 0.1) is 13.8 Å². The predicted octanol–water partition coefficient (Wildman–Crippen LogP) is 4.19. The number of carbonyl (C=O) groups is 1. The molecule has 0 aliphatic heterocycles. The molecule has 0 radical (unpaired) electrons. The van der Waals surface area contributed by atoms with Gasteiger partial charge in [-0.2, -0.15) is 0 Å². The van der Waals surface area contributed by atoms with E-state index in [2.05, 4.69) is 10.5 Å². The summed E-state index contributed by atoms with van der Waals surface area (Å²) in [7, 11) is 1.98. The summed E-state index contributed by atoms with van der Waals surface area (Å²) in [5.74, 6) is 0.975. The van der Waals surface area contributed by atoms with Gasteiger partial charge in [0.1, 0.15) is 17.6 Å². The fraction of sp³-hybridized carbons (Fsp3) is 0.261. The van der Waals surface area contributed by atoms with E-state index in [0.29, 0.717) is 5.76 Å². The lowest BCUT2D eigenvalue weighted by Crippen LogP contribution is -2.34. The van der Waals surface area contributed by atoms with E-state index in [1.165, 1.54) is 0 Å². The van der Waals surface area contributed by atoms with Crippen molar-refractivity contribution in [3.63, 3.8) is 0 Å². The smallest absolute Gasteiger partial charge is 0.228 e. The summed E-state index contributed by atoms with van der Waals surface area (Å²) in [6.45, 7) is 5.56. The molecule has 1 amide bonds. The molecule has 0 saturated carbocycles. The molecule has 1 N–H and O–H groups in total. The quantitative estimate of drug-likeness (QED) is 0.556. The number of hydrogen-bond donors (Lipinski definition) is 1. The van der Waals surface area contributed by atoms with Crippen molar-refractivity contribution in [3.8, 4) is 0 Å². The predicted molar refractivity (Wildman–Crippen MR) is 112 cm³/mol. The minimum Gasteiger partial charge on any atom is -0.361 e. The van der Waals surface area contributed by atoms with Crippen molar-refractivity contribution in [2.45, 2.75) is 32.7 Å². The highest BCUT2D eigenvalue weighted by atomic mass is 16.5. The first-order chi connectivity index (χ1) is 14.0. The minimum absolute atomic E-state index is 0.0969. The van der Waals surface area contributed by atoms with Crippen molar-refractivity contribution in [2.24, 2.45) is 7.05 Å². The highest BCUT2D eigenvalue weighted by Gasteiger charge is 2.28. The third-order valence-corrected chi connectivity index (χ3v) is 5.41. The molecule has 2 heterocycles. The van der Waals surface area contributed by atoms with Crippen LogP contribution in [0.3, 0.4) is 0 Å². The molecule has 6 nitrogen and oxygen atoms in total. The number of rotatable bonds is 5. The highest BCUT2D eigenvalue weighted by Crippen LogP contribution is 2.28. The van der Waals surface area contributed by atoms with E-state index in [-0.39, 0.29) is 17.9 Å². The van der Waals surface area contributed by atoms with Gasteiger partial charge in [-0.05, 0) is 38.5 Å². The number of fused-ring (bicyclic) bond motifs is 1. The van der Waals surface area contributed by atoms with Gasteiger partial charge in [-0.15, -0.1) is 0 Å². The highest BCUT2D eigenvalue weighted by molar-refractivity contribution is 5.84. The Morgan fingerprint density at radius 1 is 1.07 bits per heavy atom. The van der Waals surface area contributed by atoms with Crippen LogP contribution in [0.4, 0.5) is 0 Å². The van der Waals surface area contributed by atoms with Crippen LogP contribution < -0.4 is 5.32 Å². The third-order valence-electron chi connectivity index (χ3n) is 5.41. The van der Waals surface area contributed by atoms with Crippen LogP contribution in [-0.2, 0) is 11.8 Å². The first-order valence-corrected chi connectivity index (χ1v) is 9.66. The Morgan fingerprint density at radius 3 is 2.41 bits per heavy atom. The van der Waals surface area contributed by atoms with E-state index in [4.69, 9.17) is 9.51 Å². The maximum atomic E-state index is 13.2. The topological polar surface area (TPSA) is 73.0 Å². The molecule has 0 aliphatic carbocycles. The molecule has 2 atom stereocenters. The second-order valence-corrected chi connectivity index (χ2v) is 7.33. The monoisotopic (exact) mass is 388 g/mol. The fourth-order valence-electron chi connectivity index (χ4n) is 3.87. The number of hydrogen-bond acceptors (Lipinski definition) is 4. The normalized spacial score (nSPS) is 13.4. The Bertz CT molecular complexity index is 1140. The van der Waals surface area contributed by atoms with Crippen LogP contribution in [0.25, 0.3) is 11.0 Å². The molecule has 2 aromatic carbocycles. The summed E-state index contributed by atoms with van der Waals surface area (Å²) in [4.78, 5) is 18.0. The Balaban J connectivity index is 1.74. The molecule has 0 saturated heterocycles. The number of para-hydroxylation sites is 2. The number of carbonyl (C=O) groups excluding carboxylic acids is 1. The summed E-state index contributed by atoms with van der Waals surface area (Å²) in [6.07, 6.45) is 0. The van der Waals surface area contributed by atoms with Crippen molar-refractivity contribution in [3.05, 3.63) is 83.0 Å². The zero-order valence-corrected chi connectivity index (χ0v) is 17.0. The van der Waals surface area contributed by atoms with Gasteiger partial charge < -0.3 is 14.4 Å². The molecule has 2 unspecified atom stereocenters. The van der Waals surface area contributed by atoms with Crippen molar-refractivity contribution in [1.82, 2.24) is 20.0 Å². The van der Waals surface area contributed by atoms with Crippen LogP contribution in [0.5, 0.6) is 0 Å². The zero-order chi connectivity index (χ0) is 20.5. The van der Waals surface area contributed by atoms with Crippen LogP contribution in [0.2, 0.25) is 0 Å². The van der Waals surface area contributed by atoms with Crippen LogP contribution >= 0.6 is 0 Å². The van der Waals surface area contributed by atoms with Gasteiger partial charge in [0, 0.05) is 12.6 Å². The molecule has 4 rings (SSSR count). The number of amides is 1. The summed E-state index contributed by atoms with van der Waals surface area (Å²) >= 11 is 0. The maximum absolute atomic E-state index is 13.2. The number of imidazole rings is 1. The number of nitrogens with one attached hydrogen (secondary N) is 1. The summed E-state index contributed by atoms with van der Waals surface area (Å²) < 4.78 is 7.29. The van der Waals surface area contributed by atoms with Gasteiger partial charge in [0.2, 0.25) is 5.91 Å². The maximum Gasteiger partial charge on any atom is 0.228 e. The van der Waals surface area contributed by atoms with Crippen molar-refractivity contribution in [1.29, 1.82) is 0 Å². The van der Waals surface area contributed by atoms with Gasteiger partial charge in [-0.1, -0.05) is 47.6 Å². The number of benzene rings is 2. The lowest BCUT2D eigenvalue weighted by molar-refractivity contribution is -0.122. The van der Waals surface area contributed by atoms with E-state index in [1.807, 2.05) is 87.0 Å². The van der Waals surface area contributed by atoms with Crippen molar-refractivity contribution < 1.29 is 9.32 Å². The average molecular weight is 388 g/mol. The molecule has 4 aromatic rings. The number of aryl methyl sites for hydroxylation is 3. The lowest BCUT2D eigenvalue weighted by atomic mass is 9.97. The van der Waals surface area contributed by atoms with Gasteiger partial charge in [-0.3, -0.25) is 4.79 Å². The second-order valence-electron chi connectivity index (χ2n) is 7.33. The lowest BCUT2D eigenvalue weighted by Gasteiger charge is -2.21. The summed E-state index contributed by atoms with van der Waals surface area (Å²) in [5, 5.41) is 7.19. The standard InChI is InChI=1S/C23H24N4O2/c1-14(20-15(2)26-29-16(20)3)23(28)25-21(17-10-6-5-7-11-17)22-24-18-12-8-9-13-19(18)27(22)4/h5-14,21H,1-4H3,(H,25,28). The largest absolute Gasteiger partial charge is 0.361 e. The van der Waals surface area contributed by atoms with E-state index in [1.54, 1.807) is 0 Å². The van der Waals surface area contributed by atoms with Gasteiger partial charge in [0.25, 0.3) is 0 Å². The Kier molecular flexibility index (Phi) is 4.92. The van der Waals surface area contributed by atoms with E-state index >= 15 is 0 Å². The van der Waals surface area contributed by atoms with Crippen molar-refractivity contribution >= 4 is 16.9 Å². The molecule has 0 bridgehead atoms.